The minimum absolute atomic E-state index is 0.147. The Kier molecular flexibility index (Phi) is 4.18. The Labute approximate surface area is 157 Å². The summed E-state index contributed by atoms with van der Waals surface area (Å²) in [7, 11) is 0. The molecule has 136 valence electrons. The SMILES string of the molecule is N#C/C(=C\c1ccc(-c2ccc(F)cc2[N+](=O)[O-])o1)c1nc2ccccc2[nH]1. The van der Waals surface area contributed by atoms with Crippen LogP contribution in [-0.2, 0) is 0 Å². The summed E-state index contributed by atoms with van der Waals surface area (Å²) in [5.74, 6) is 0.179. The molecule has 0 aliphatic heterocycles. The first-order valence-electron chi connectivity index (χ1n) is 8.16. The summed E-state index contributed by atoms with van der Waals surface area (Å²) in [5.41, 5.74) is 1.50. The molecule has 0 fully saturated rings. The number of nitrogens with zero attached hydrogens (tertiary/aromatic N) is 3. The summed E-state index contributed by atoms with van der Waals surface area (Å²) >= 11 is 0. The van der Waals surface area contributed by atoms with Gasteiger partial charge in [0.15, 0.2) is 0 Å². The van der Waals surface area contributed by atoms with Gasteiger partial charge in [-0.2, -0.15) is 5.26 Å². The Balaban J connectivity index is 1.73. The highest BCUT2D eigenvalue weighted by atomic mass is 19.1. The quantitative estimate of drug-likeness (QED) is 0.309. The van der Waals surface area contributed by atoms with Crippen molar-refractivity contribution < 1.29 is 13.7 Å². The van der Waals surface area contributed by atoms with Crippen LogP contribution in [0.25, 0.3) is 34.0 Å². The van der Waals surface area contributed by atoms with Crippen LogP contribution in [0.2, 0.25) is 0 Å². The Bertz CT molecular complexity index is 1250. The van der Waals surface area contributed by atoms with Gasteiger partial charge in [-0.1, -0.05) is 12.1 Å². The minimum atomic E-state index is -0.709. The number of aromatic nitrogens is 2. The van der Waals surface area contributed by atoms with E-state index >= 15 is 0 Å². The number of H-pyrrole nitrogens is 1. The van der Waals surface area contributed by atoms with Crippen LogP contribution in [0.4, 0.5) is 10.1 Å². The molecule has 0 saturated heterocycles. The number of nitrogens with one attached hydrogen (secondary N) is 1. The average Bonchev–Trinajstić information content (AvgIpc) is 3.32. The number of nitro groups is 1. The monoisotopic (exact) mass is 374 g/mol. The van der Waals surface area contributed by atoms with Gasteiger partial charge in [0.2, 0.25) is 0 Å². The van der Waals surface area contributed by atoms with Gasteiger partial charge in [-0.25, -0.2) is 9.37 Å². The van der Waals surface area contributed by atoms with E-state index in [-0.39, 0.29) is 16.9 Å². The molecule has 0 amide bonds. The van der Waals surface area contributed by atoms with Crippen LogP contribution >= 0.6 is 0 Å². The summed E-state index contributed by atoms with van der Waals surface area (Å²) in [6, 6.07) is 15.8. The summed E-state index contributed by atoms with van der Waals surface area (Å²) in [6.07, 6.45) is 1.48. The number of rotatable bonds is 4. The first-order chi connectivity index (χ1) is 13.5. The van der Waals surface area contributed by atoms with Crippen molar-refractivity contribution in [2.24, 2.45) is 0 Å². The number of para-hydroxylation sites is 2. The Morgan fingerprint density at radius 2 is 2.07 bits per heavy atom. The van der Waals surface area contributed by atoms with E-state index in [1.165, 1.54) is 18.2 Å². The Hall–Kier alpha value is -4.25. The third-order valence-corrected chi connectivity index (χ3v) is 4.10. The van der Waals surface area contributed by atoms with Crippen molar-refractivity contribution in [3.05, 3.63) is 82.1 Å². The van der Waals surface area contributed by atoms with E-state index in [4.69, 9.17) is 4.42 Å². The molecule has 4 aromatic rings. The normalized spacial score (nSPS) is 11.5. The van der Waals surface area contributed by atoms with Crippen LogP contribution < -0.4 is 0 Å². The van der Waals surface area contributed by atoms with Crippen LogP contribution in [0.5, 0.6) is 0 Å². The molecule has 0 unspecified atom stereocenters. The smallest absolute Gasteiger partial charge is 0.283 e. The number of allylic oxidation sites excluding steroid dienone is 1. The maximum atomic E-state index is 13.3. The third-order valence-electron chi connectivity index (χ3n) is 4.10. The van der Waals surface area contributed by atoms with Crippen LogP contribution in [0.15, 0.2) is 59.0 Å². The van der Waals surface area contributed by atoms with Crippen LogP contribution in [0, 0.1) is 27.3 Å². The highest BCUT2D eigenvalue weighted by Gasteiger charge is 2.19. The number of nitro benzene ring substituents is 1. The van der Waals surface area contributed by atoms with E-state index in [1.807, 2.05) is 24.3 Å². The van der Waals surface area contributed by atoms with E-state index in [0.29, 0.717) is 11.6 Å². The molecule has 0 aliphatic rings. The summed E-state index contributed by atoms with van der Waals surface area (Å²) in [6.45, 7) is 0. The van der Waals surface area contributed by atoms with E-state index in [1.54, 1.807) is 6.07 Å². The molecule has 2 aromatic heterocycles. The van der Waals surface area contributed by atoms with Crippen molar-refractivity contribution in [2.75, 3.05) is 0 Å². The molecular weight excluding hydrogens is 363 g/mol. The maximum absolute atomic E-state index is 13.3. The fraction of sp³-hybridized carbons (Fsp3) is 0. The minimum Gasteiger partial charge on any atom is -0.456 e. The summed E-state index contributed by atoms with van der Waals surface area (Å²) < 4.78 is 19.0. The fourth-order valence-corrected chi connectivity index (χ4v) is 2.82. The molecule has 0 aliphatic carbocycles. The molecule has 1 N–H and O–H groups in total. The van der Waals surface area contributed by atoms with E-state index in [2.05, 4.69) is 16.0 Å². The highest BCUT2D eigenvalue weighted by Crippen LogP contribution is 2.32. The number of aromatic amines is 1. The zero-order valence-corrected chi connectivity index (χ0v) is 14.2. The van der Waals surface area contributed by atoms with Crippen molar-refractivity contribution in [3.8, 4) is 17.4 Å². The molecule has 7 nitrogen and oxygen atoms in total. The topological polar surface area (TPSA) is 109 Å². The Morgan fingerprint density at radius 3 is 2.82 bits per heavy atom. The van der Waals surface area contributed by atoms with E-state index in [0.717, 1.165) is 23.2 Å². The van der Waals surface area contributed by atoms with Gasteiger partial charge in [0.25, 0.3) is 5.69 Å². The number of nitriles is 1. The zero-order valence-electron chi connectivity index (χ0n) is 14.2. The number of halogens is 1. The van der Waals surface area contributed by atoms with Gasteiger partial charge in [0.1, 0.15) is 29.2 Å². The molecule has 0 atom stereocenters. The van der Waals surface area contributed by atoms with Crippen LogP contribution in [0.3, 0.4) is 0 Å². The fourth-order valence-electron chi connectivity index (χ4n) is 2.82. The van der Waals surface area contributed by atoms with Gasteiger partial charge in [0.05, 0.1) is 33.2 Å². The van der Waals surface area contributed by atoms with E-state index < -0.39 is 16.4 Å². The van der Waals surface area contributed by atoms with E-state index in [9.17, 15) is 19.8 Å². The first-order valence-corrected chi connectivity index (χ1v) is 8.16. The second-order valence-corrected chi connectivity index (χ2v) is 5.89. The molecule has 0 radical (unpaired) electrons. The number of hydrogen-bond acceptors (Lipinski definition) is 5. The third kappa shape index (κ3) is 3.12. The lowest BCUT2D eigenvalue weighted by molar-refractivity contribution is -0.384. The predicted octanol–water partition coefficient (Wildman–Crippen LogP) is 4.93. The van der Waals surface area contributed by atoms with Crippen molar-refractivity contribution in [1.29, 1.82) is 5.26 Å². The highest BCUT2D eigenvalue weighted by molar-refractivity contribution is 5.89. The summed E-state index contributed by atoms with van der Waals surface area (Å²) in [4.78, 5) is 17.9. The average molecular weight is 374 g/mol. The number of imidazole rings is 1. The van der Waals surface area contributed by atoms with Gasteiger partial charge in [-0.15, -0.1) is 0 Å². The molecule has 0 bridgehead atoms. The molecule has 2 heterocycles. The van der Waals surface area contributed by atoms with Gasteiger partial charge >= 0.3 is 0 Å². The zero-order chi connectivity index (χ0) is 19.7. The van der Waals surface area contributed by atoms with Gasteiger partial charge in [0, 0.05) is 6.08 Å². The maximum Gasteiger partial charge on any atom is 0.283 e. The van der Waals surface area contributed by atoms with Gasteiger partial charge < -0.3 is 9.40 Å². The second-order valence-electron chi connectivity index (χ2n) is 5.89. The molecular formula is C20H11FN4O3. The number of furan rings is 1. The van der Waals surface area contributed by atoms with Crippen molar-refractivity contribution >= 4 is 28.4 Å². The van der Waals surface area contributed by atoms with Gasteiger partial charge in [-0.3, -0.25) is 10.1 Å². The van der Waals surface area contributed by atoms with Crippen molar-refractivity contribution in [1.82, 2.24) is 9.97 Å². The Morgan fingerprint density at radius 1 is 1.25 bits per heavy atom. The number of hydrogen-bond donors (Lipinski definition) is 1. The molecule has 0 saturated carbocycles. The molecule has 28 heavy (non-hydrogen) atoms. The largest absolute Gasteiger partial charge is 0.456 e. The van der Waals surface area contributed by atoms with Crippen LogP contribution in [0.1, 0.15) is 11.6 Å². The number of benzene rings is 2. The molecule has 4 rings (SSSR count). The van der Waals surface area contributed by atoms with Gasteiger partial charge in [-0.05, 0) is 36.4 Å². The molecule has 0 spiro atoms. The standard InChI is InChI=1S/C20H11FN4O3/c21-13-5-7-15(18(10-13)25(26)27)19-8-6-14(28-19)9-12(11-22)20-23-16-3-1-2-4-17(16)24-20/h1-10H,(H,23,24)/b12-9+. The number of fused-ring (bicyclic) bond motifs is 1. The molecule has 2 aromatic carbocycles. The lowest BCUT2D eigenvalue weighted by atomic mass is 10.1. The van der Waals surface area contributed by atoms with Crippen molar-refractivity contribution in [2.45, 2.75) is 0 Å². The van der Waals surface area contributed by atoms with Crippen molar-refractivity contribution in [3.63, 3.8) is 0 Å². The predicted molar refractivity (Wildman–Crippen MR) is 100 cm³/mol. The lowest BCUT2D eigenvalue weighted by Crippen LogP contribution is -1.92. The van der Waals surface area contributed by atoms with Crippen LogP contribution in [-0.4, -0.2) is 14.9 Å². The summed E-state index contributed by atoms with van der Waals surface area (Å²) in [5, 5.41) is 20.7. The molecule has 8 heteroatoms. The second kappa shape index (κ2) is 6.81. The first kappa shape index (κ1) is 17.2. The lowest BCUT2D eigenvalue weighted by Gasteiger charge is -1.99.